The molecule has 1 aliphatic heterocycles. The van der Waals surface area contributed by atoms with E-state index in [9.17, 15) is 4.79 Å². The lowest BCUT2D eigenvalue weighted by molar-refractivity contribution is 0.0994. The predicted molar refractivity (Wildman–Crippen MR) is 111 cm³/mol. The minimum atomic E-state index is -0.488. The number of aliphatic imine (C=N–C) groups is 1. The lowest BCUT2D eigenvalue weighted by Gasteiger charge is -2.29. The molecule has 0 radical (unpaired) electrons. The van der Waals surface area contributed by atoms with Crippen molar-refractivity contribution in [3.05, 3.63) is 95.2 Å². The van der Waals surface area contributed by atoms with Crippen LogP contribution in [0, 0.1) is 0 Å². The summed E-state index contributed by atoms with van der Waals surface area (Å²) in [4.78, 5) is 21.1. The topological polar surface area (TPSA) is 96.8 Å². The van der Waals surface area contributed by atoms with Crippen LogP contribution in [-0.4, -0.2) is 21.1 Å². The van der Waals surface area contributed by atoms with Crippen molar-refractivity contribution in [1.82, 2.24) is 20.0 Å². The average molecular weight is 384 g/mol. The number of allylic oxidation sites excluding steroid dienone is 2. The molecule has 3 heterocycles. The fraction of sp³-hybridized carbons (Fsp3) is 0.136. The maximum Gasteiger partial charge on any atom is 0.265 e. The first-order chi connectivity index (χ1) is 14.2. The summed E-state index contributed by atoms with van der Waals surface area (Å²) in [6.07, 6.45) is 6.40. The van der Waals surface area contributed by atoms with Gasteiger partial charge in [0.1, 0.15) is 29.7 Å². The highest BCUT2D eigenvalue weighted by atomic mass is 16.1. The largest absolute Gasteiger partial charge is 0.364 e. The van der Waals surface area contributed by atoms with Crippen LogP contribution in [0.25, 0.3) is 5.52 Å². The Hall–Kier alpha value is -3.87. The van der Waals surface area contributed by atoms with Gasteiger partial charge in [-0.25, -0.2) is 4.98 Å². The second kappa shape index (κ2) is 6.94. The number of amides is 1. The summed E-state index contributed by atoms with van der Waals surface area (Å²) in [5.41, 5.74) is 10.9. The fourth-order valence-electron chi connectivity index (χ4n) is 3.77. The van der Waals surface area contributed by atoms with Gasteiger partial charge in [0.25, 0.3) is 5.91 Å². The number of imidazole rings is 1. The molecule has 29 heavy (non-hydrogen) atoms. The second-order valence-electron chi connectivity index (χ2n) is 7.03. The molecule has 4 N–H and O–H groups in total. The third-order valence-corrected chi connectivity index (χ3v) is 5.19. The molecular weight excluding hydrogens is 364 g/mol. The number of primary amides is 1. The molecule has 7 heteroatoms. The van der Waals surface area contributed by atoms with Crippen LogP contribution >= 0.6 is 0 Å². The van der Waals surface area contributed by atoms with Crippen molar-refractivity contribution >= 4 is 17.3 Å². The van der Waals surface area contributed by atoms with Crippen LogP contribution in [0.2, 0.25) is 0 Å². The average Bonchev–Trinajstić information content (AvgIpc) is 3.39. The summed E-state index contributed by atoms with van der Waals surface area (Å²) in [5, 5.41) is 6.98. The lowest BCUT2D eigenvalue weighted by Crippen LogP contribution is -2.43. The Morgan fingerprint density at radius 2 is 2.03 bits per heavy atom. The number of aromatic nitrogens is 2. The monoisotopic (exact) mass is 384 g/mol. The molecule has 1 aromatic carbocycles. The molecule has 0 fully saturated rings. The van der Waals surface area contributed by atoms with Crippen molar-refractivity contribution in [2.24, 2.45) is 10.7 Å². The van der Waals surface area contributed by atoms with Crippen molar-refractivity contribution in [3.63, 3.8) is 0 Å². The van der Waals surface area contributed by atoms with Gasteiger partial charge >= 0.3 is 0 Å². The molecule has 1 unspecified atom stereocenters. The van der Waals surface area contributed by atoms with Crippen LogP contribution in [0.4, 0.5) is 0 Å². The summed E-state index contributed by atoms with van der Waals surface area (Å²) in [6.45, 7) is 0.600. The summed E-state index contributed by atoms with van der Waals surface area (Å²) in [7, 11) is 0. The number of benzene rings is 1. The van der Waals surface area contributed by atoms with E-state index in [-0.39, 0.29) is 6.17 Å². The van der Waals surface area contributed by atoms with Crippen LogP contribution < -0.4 is 16.4 Å². The number of rotatable bonds is 4. The molecule has 0 saturated heterocycles. The van der Waals surface area contributed by atoms with Crippen molar-refractivity contribution in [3.8, 4) is 0 Å². The van der Waals surface area contributed by atoms with E-state index in [1.54, 1.807) is 16.8 Å². The number of hydrogen-bond acceptors (Lipinski definition) is 4. The number of amidine groups is 1. The molecule has 7 nitrogen and oxygen atoms in total. The summed E-state index contributed by atoms with van der Waals surface area (Å²) < 4.78 is 1.72. The molecule has 0 bridgehead atoms. The van der Waals surface area contributed by atoms with E-state index in [1.165, 1.54) is 0 Å². The number of carbonyl (C=O) groups is 1. The van der Waals surface area contributed by atoms with Gasteiger partial charge in [0.05, 0.1) is 12.1 Å². The first kappa shape index (κ1) is 17.2. The van der Waals surface area contributed by atoms with E-state index < -0.39 is 5.91 Å². The highest BCUT2D eigenvalue weighted by molar-refractivity contribution is 6.01. The van der Waals surface area contributed by atoms with E-state index in [0.29, 0.717) is 12.2 Å². The standard InChI is InChI=1S/C22H20N6O/c23-20(29)18-11-5-10-17-19(25-13-28(17)18)22-26-16-9-4-8-15(16)21(27-22)24-12-14-6-2-1-3-7-14/h1-7,9-11,13,22,26H,8,12H2,(H2,23,29)(H,24,27). The van der Waals surface area contributed by atoms with Crippen LogP contribution in [0.3, 0.4) is 0 Å². The van der Waals surface area contributed by atoms with Crippen LogP contribution in [0.1, 0.15) is 34.3 Å². The zero-order valence-corrected chi connectivity index (χ0v) is 15.7. The molecule has 144 valence electrons. The number of nitrogens with zero attached hydrogens (tertiary/aromatic N) is 3. The molecule has 5 rings (SSSR count). The van der Waals surface area contributed by atoms with Crippen molar-refractivity contribution in [2.45, 2.75) is 19.1 Å². The molecule has 2 aromatic heterocycles. The zero-order valence-electron chi connectivity index (χ0n) is 15.7. The molecule has 1 aliphatic carbocycles. The van der Waals surface area contributed by atoms with Gasteiger partial charge in [-0.3, -0.25) is 14.2 Å². The minimum Gasteiger partial charge on any atom is -0.364 e. The third-order valence-electron chi connectivity index (χ3n) is 5.19. The van der Waals surface area contributed by atoms with Gasteiger partial charge < -0.3 is 16.4 Å². The Labute approximate surface area is 167 Å². The number of pyridine rings is 1. The highest BCUT2D eigenvalue weighted by Gasteiger charge is 2.28. The number of hydrogen-bond donors (Lipinski definition) is 3. The van der Waals surface area contributed by atoms with Gasteiger partial charge in [-0.1, -0.05) is 42.5 Å². The maximum atomic E-state index is 11.7. The van der Waals surface area contributed by atoms with E-state index in [4.69, 9.17) is 10.7 Å². The summed E-state index contributed by atoms with van der Waals surface area (Å²) in [6, 6.07) is 15.6. The number of nitrogens with one attached hydrogen (secondary N) is 2. The van der Waals surface area contributed by atoms with Crippen molar-refractivity contribution < 1.29 is 4.79 Å². The molecule has 1 atom stereocenters. The van der Waals surface area contributed by atoms with Gasteiger partial charge in [-0.2, -0.15) is 0 Å². The first-order valence-corrected chi connectivity index (χ1v) is 9.48. The third kappa shape index (κ3) is 3.06. The number of fused-ring (bicyclic) bond motifs is 1. The van der Waals surface area contributed by atoms with Gasteiger partial charge in [0.2, 0.25) is 0 Å². The van der Waals surface area contributed by atoms with E-state index in [0.717, 1.165) is 40.3 Å². The molecule has 2 aliphatic rings. The Kier molecular flexibility index (Phi) is 4.13. The molecule has 3 aromatic rings. The number of nitrogens with two attached hydrogens (primary N) is 1. The predicted octanol–water partition coefficient (Wildman–Crippen LogP) is 2.44. The summed E-state index contributed by atoms with van der Waals surface area (Å²) >= 11 is 0. The summed E-state index contributed by atoms with van der Waals surface area (Å²) in [5.74, 6) is 0.378. The molecule has 0 spiro atoms. The van der Waals surface area contributed by atoms with E-state index in [2.05, 4.69) is 39.9 Å². The normalized spacial score (nSPS) is 19.3. The van der Waals surface area contributed by atoms with Crippen LogP contribution in [0.15, 0.2) is 83.3 Å². The van der Waals surface area contributed by atoms with Gasteiger partial charge in [0, 0.05) is 11.3 Å². The minimum absolute atomic E-state index is 0.265. The van der Waals surface area contributed by atoms with Crippen LogP contribution in [0.5, 0.6) is 0 Å². The van der Waals surface area contributed by atoms with E-state index >= 15 is 0 Å². The van der Waals surface area contributed by atoms with Gasteiger partial charge in [-0.05, 0) is 30.2 Å². The van der Waals surface area contributed by atoms with Crippen LogP contribution in [-0.2, 0) is 6.54 Å². The smallest absolute Gasteiger partial charge is 0.265 e. The number of carbonyl (C=O) groups excluding carboxylic acids is 1. The Morgan fingerprint density at radius 3 is 2.86 bits per heavy atom. The first-order valence-electron chi connectivity index (χ1n) is 9.48. The molecular formula is C22H20N6O. The second-order valence-corrected chi connectivity index (χ2v) is 7.03. The highest BCUT2D eigenvalue weighted by Crippen LogP contribution is 2.28. The quantitative estimate of drug-likeness (QED) is 0.644. The Balaban J connectivity index is 1.51. The van der Waals surface area contributed by atoms with Gasteiger partial charge in [-0.15, -0.1) is 0 Å². The Morgan fingerprint density at radius 1 is 1.17 bits per heavy atom. The molecule has 1 amide bonds. The van der Waals surface area contributed by atoms with Gasteiger partial charge in [0.15, 0.2) is 0 Å². The maximum absolute atomic E-state index is 11.7. The fourth-order valence-corrected chi connectivity index (χ4v) is 3.77. The SMILES string of the molecule is NC(=O)c1cccc2c(C3NC(=NCc4ccccc4)C4=C(C=CC4)N3)ncn12. The zero-order chi connectivity index (χ0) is 19.8. The van der Waals surface area contributed by atoms with E-state index in [1.807, 2.05) is 30.3 Å². The lowest BCUT2D eigenvalue weighted by atomic mass is 10.1. The van der Waals surface area contributed by atoms with Crippen molar-refractivity contribution in [2.75, 3.05) is 0 Å². The Bertz CT molecular complexity index is 1190. The van der Waals surface area contributed by atoms with Crippen molar-refractivity contribution in [1.29, 1.82) is 0 Å². The molecule has 0 saturated carbocycles.